The van der Waals surface area contributed by atoms with E-state index >= 15 is 4.79 Å². The molecule has 8 rings (SSSR count). The Morgan fingerprint density at radius 2 is 1.38 bits per heavy atom. The molecule has 4 aliphatic rings. The molecule has 2 aliphatic carbocycles. The lowest BCUT2D eigenvalue weighted by molar-refractivity contribution is -0.274. The molecule has 18 heteroatoms. The summed E-state index contributed by atoms with van der Waals surface area (Å²) in [6.45, 7) is 1.80. The van der Waals surface area contributed by atoms with Crippen LogP contribution >= 0.6 is 0 Å². The van der Waals surface area contributed by atoms with Crippen molar-refractivity contribution >= 4 is 35.0 Å². The van der Waals surface area contributed by atoms with Crippen LogP contribution in [0.1, 0.15) is 46.6 Å². The fourth-order valence-corrected chi connectivity index (χ4v) is 9.37. The first-order chi connectivity index (χ1) is 28.1. The van der Waals surface area contributed by atoms with Crippen LogP contribution in [0.4, 0.5) is 50.9 Å². The fourth-order valence-electron chi connectivity index (χ4n) is 9.37. The van der Waals surface area contributed by atoms with Gasteiger partial charge in [0.25, 0.3) is 11.8 Å². The van der Waals surface area contributed by atoms with Crippen molar-refractivity contribution < 1.29 is 68.5 Å². The van der Waals surface area contributed by atoms with Crippen molar-refractivity contribution in [3.8, 4) is 11.5 Å². The Labute approximate surface area is 334 Å². The van der Waals surface area contributed by atoms with Crippen molar-refractivity contribution in [3.05, 3.63) is 130 Å². The van der Waals surface area contributed by atoms with Crippen molar-refractivity contribution in [2.45, 2.75) is 49.8 Å². The molecule has 6 atom stereocenters. The molecule has 2 heterocycles. The molecule has 0 aromatic heterocycles. The number of imide groups is 2. The zero-order chi connectivity index (χ0) is 43.3. The number of phenols is 1. The average molecular weight is 844 g/mol. The number of hydrogen-bond acceptors (Lipinski definition) is 7. The van der Waals surface area contributed by atoms with Gasteiger partial charge in [-0.1, -0.05) is 59.7 Å². The summed E-state index contributed by atoms with van der Waals surface area (Å²) in [5.74, 6) is -12.7. The maximum absolute atomic E-state index is 15.2. The number of allylic oxidation sites excluding steroid dienone is 2. The molecule has 3 fully saturated rings. The summed E-state index contributed by atoms with van der Waals surface area (Å²) >= 11 is 0. The SMILES string of the molecule is Cc1ccc(NN2C(=O)C3CC4C(=CCC5C(=O)N(c6cc(C(F)(F)F)cc(C(F)(F)F)c6)C(=O)C54)C(c4cc(OC(F)(F)F)ccc4O)C3(c3ccccc3)C2=O)cc1. The molecule has 2 saturated heterocycles. The van der Waals surface area contributed by atoms with Crippen LogP contribution in [0.2, 0.25) is 0 Å². The number of benzene rings is 4. The number of hydrogen-bond donors (Lipinski definition) is 2. The zero-order valence-electron chi connectivity index (χ0n) is 30.8. The summed E-state index contributed by atoms with van der Waals surface area (Å²) in [4.78, 5) is 58.9. The molecule has 312 valence electrons. The third kappa shape index (κ3) is 6.52. The third-order valence-corrected chi connectivity index (χ3v) is 11.8. The lowest BCUT2D eigenvalue weighted by Crippen LogP contribution is -2.53. The number of anilines is 2. The lowest BCUT2D eigenvalue weighted by atomic mass is 9.49. The van der Waals surface area contributed by atoms with Crippen molar-refractivity contribution in [1.29, 1.82) is 0 Å². The largest absolute Gasteiger partial charge is 0.573 e. The first-order valence-corrected chi connectivity index (χ1v) is 18.3. The second-order valence-electron chi connectivity index (χ2n) is 15.1. The number of nitrogens with one attached hydrogen (secondary N) is 1. The van der Waals surface area contributed by atoms with Gasteiger partial charge in [-0.2, -0.15) is 31.4 Å². The van der Waals surface area contributed by atoms with Crippen molar-refractivity contribution in [1.82, 2.24) is 5.01 Å². The van der Waals surface area contributed by atoms with Gasteiger partial charge in [0.15, 0.2) is 0 Å². The number of rotatable bonds is 6. The Kier molecular flexibility index (Phi) is 9.35. The minimum absolute atomic E-state index is 0.122. The van der Waals surface area contributed by atoms with E-state index in [-0.39, 0.29) is 51.9 Å². The summed E-state index contributed by atoms with van der Waals surface area (Å²) in [5, 5.41) is 12.2. The standard InChI is InChI=1S/C42H30F9N3O6/c1-20-7-9-24(10-8-20)52-54-36(57)31-19-29-27(12-13-28-33(29)37(58)53(35(28)56)25-16-22(40(43,44)45)15-23(17-25)41(46,47)48)34(39(31,38(54)59)21-5-3-2-4-6-21)30-18-26(11-14-32(30)55)60-42(49,50)51/h2-12,14-18,28-29,31,33-34,52,55H,13,19H2,1H3. The minimum atomic E-state index is -5.32. The highest BCUT2D eigenvalue weighted by Gasteiger charge is 2.71. The van der Waals surface area contributed by atoms with Crippen LogP contribution in [0.15, 0.2) is 103 Å². The molecule has 4 aromatic carbocycles. The van der Waals surface area contributed by atoms with E-state index < -0.39 is 112 Å². The van der Waals surface area contributed by atoms with E-state index in [0.717, 1.165) is 28.8 Å². The van der Waals surface area contributed by atoms with Crippen LogP contribution in [0.25, 0.3) is 0 Å². The van der Waals surface area contributed by atoms with Gasteiger partial charge >= 0.3 is 18.7 Å². The summed E-state index contributed by atoms with van der Waals surface area (Å²) < 4.78 is 129. The molecular formula is C42H30F9N3O6. The molecule has 4 aromatic rings. The number of aryl methyl sites for hydroxylation is 1. The predicted molar refractivity (Wildman–Crippen MR) is 193 cm³/mol. The van der Waals surface area contributed by atoms with Gasteiger partial charge in [0, 0.05) is 11.5 Å². The minimum Gasteiger partial charge on any atom is -0.508 e. The molecule has 1 saturated carbocycles. The summed E-state index contributed by atoms with van der Waals surface area (Å²) in [6.07, 6.45) is -15.2. The number of carbonyl (C=O) groups is 4. The molecule has 60 heavy (non-hydrogen) atoms. The lowest BCUT2D eigenvalue weighted by Gasteiger charge is -2.50. The summed E-state index contributed by atoms with van der Waals surface area (Å²) in [7, 11) is 0. The number of phenolic OH excluding ortho intramolecular Hbond substituents is 1. The Hall–Kier alpha value is -6.33. The zero-order valence-corrected chi connectivity index (χ0v) is 30.8. The number of aromatic hydroxyl groups is 1. The van der Waals surface area contributed by atoms with E-state index in [1.54, 1.807) is 49.4 Å². The van der Waals surface area contributed by atoms with Gasteiger partial charge in [-0.05, 0) is 79.8 Å². The second-order valence-corrected chi connectivity index (χ2v) is 15.1. The molecule has 2 N–H and O–H groups in total. The van der Waals surface area contributed by atoms with Crippen molar-refractivity contribution in [2.24, 2.45) is 23.7 Å². The number of hydrazine groups is 1. The van der Waals surface area contributed by atoms with Crippen molar-refractivity contribution in [3.63, 3.8) is 0 Å². The van der Waals surface area contributed by atoms with Crippen molar-refractivity contribution in [2.75, 3.05) is 10.3 Å². The number of amides is 4. The van der Waals surface area contributed by atoms with E-state index in [1.165, 1.54) is 18.2 Å². The van der Waals surface area contributed by atoms with Crippen LogP contribution in [0.3, 0.4) is 0 Å². The first-order valence-electron chi connectivity index (χ1n) is 18.3. The van der Waals surface area contributed by atoms with E-state index in [2.05, 4.69) is 10.2 Å². The third-order valence-electron chi connectivity index (χ3n) is 11.8. The van der Waals surface area contributed by atoms with Crippen LogP contribution in [0.5, 0.6) is 11.5 Å². The van der Waals surface area contributed by atoms with Gasteiger partial charge in [-0.3, -0.25) is 24.6 Å². The molecule has 0 spiro atoms. The number of fused-ring (bicyclic) bond motifs is 4. The number of halogens is 9. The number of alkyl halides is 9. The predicted octanol–water partition coefficient (Wildman–Crippen LogP) is 8.83. The highest BCUT2D eigenvalue weighted by molar-refractivity contribution is 6.22. The van der Waals surface area contributed by atoms with Crippen LogP contribution in [-0.2, 0) is 36.9 Å². The monoisotopic (exact) mass is 843 g/mol. The van der Waals surface area contributed by atoms with E-state index in [4.69, 9.17) is 0 Å². The van der Waals surface area contributed by atoms with Crippen LogP contribution in [0, 0.1) is 30.6 Å². The van der Waals surface area contributed by atoms with Gasteiger partial charge < -0.3 is 9.84 Å². The summed E-state index contributed by atoms with van der Waals surface area (Å²) in [5.41, 5.74) is -2.70. The molecule has 0 bridgehead atoms. The van der Waals surface area contributed by atoms with Gasteiger partial charge in [-0.15, -0.1) is 13.2 Å². The molecule has 4 amide bonds. The first kappa shape index (κ1) is 40.4. The number of ether oxygens (including phenoxy) is 1. The molecular weight excluding hydrogens is 813 g/mol. The normalized spacial score (nSPS) is 25.5. The number of carbonyl (C=O) groups excluding carboxylic acids is 4. The van der Waals surface area contributed by atoms with Gasteiger partial charge in [-0.25, -0.2) is 4.90 Å². The molecule has 9 nitrogen and oxygen atoms in total. The van der Waals surface area contributed by atoms with E-state index in [9.17, 15) is 59.0 Å². The number of nitrogens with zero attached hydrogens (tertiary/aromatic N) is 2. The quantitative estimate of drug-likeness (QED) is 0.113. The molecule has 2 aliphatic heterocycles. The molecule has 0 radical (unpaired) electrons. The highest BCUT2D eigenvalue weighted by Crippen LogP contribution is 2.65. The van der Waals surface area contributed by atoms with Gasteiger partial charge in [0.1, 0.15) is 11.5 Å². The topological polar surface area (TPSA) is 116 Å². The summed E-state index contributed by atoms with van der Waals surface area (Å²) in [6, 6.07) is 17.2. The maximum atomic E-state index is 15.2. The highest BCUT2D eigenvalue weighted by atomic mass is 19.4. The second kappa shape index (κ2) is 13.9. The Balaban J connectivity index is 1.32. The van der Waals surface area contributed by atoms with Crippen LogP contribution < -0.4 is 15.1 Å². The van der Waals surface area contributed by atoms with Gasteiger partial charge in [0.2, 0.25) is 11.8 Å². The van der Waals surface area contributed by atoms with Gasteiger partial charge in [0.05, 0.1) is 45.7 Å². The fraction of sp³-hybridized carbons (Fsp3) is 0.286. The van der Waals surface area contributed by atoms with Crippen LogP contribution in [-0.4, -0.2) is 40.1 Å². The molecule has 6 unspecified atom stereocenters. The Morgan fingerprint density at radius 1 is 0.750 bits per heavy atom. The van der Waals surface area contributed by atoms with E-state index in [0.29, 0.717) is 0 Å². The maximum Gasteiger partial charge on any atom is 0.573 e. The smallest absolute Gasteiger partial charge is 0.508 e. The average Bonchev–Trinajstić information content (AvgIpc) is 3.56. The van der Waals surface area contributed by atoms with E-state index in [1.807, 2.05) is 0 Å². The Morgan fingerprint density at radius 3 is 1.98 bits per heavy atom. The Bertz CT molecular complexity index is 2440.